The summed E-state index contributed by atoms with van der Waals surface area (Å²) in [5.41, 5.74) is 0.0717. The molecule has 102 valence electrons. The van der Waals surface area contributed by atoms with E-state index in [4.69, 9.17) is 4.74 Å². The van der Waals surface area contributed by atoms with Crippen molar-refractivity contribution in [3.63, 3.8) is 0 Å². The highest BCUT2D eigenvalue weighted by molar-refractivity contribution is 8.00. The van der Waals surface area contributed by atoms with Crippen molar-refractivity contribution in [3.05, 3.63) is 30.3 Å². The molecule has 0 aliphatic carbocycles. The molecule has 1 aromatic rings. The van der Waals surface area contributed by atoms with Gasteiger partial charge >= 0.3 is 0 Å². The topological polar surface area (TPSA) is 15.8 Å². The number of piperidine rings is 1. The Hall–Kier alpha value is -0.510. The van der Waals surface area contributed by atoms with Gasteiger partial charge in [-0.05, 0) is 37.8 Å². The number of nitrogens with zero attached hydrogens (tertiary/aromatic N) is 1. The van der Waals surface area contributed by atoms with Crippen LogP contribution in [-0.2, 0) is 4.74 Å². The standard InChI is InChI=1S/C16H21NOS/c1-2-7-14(8-3-1)19-15-9-4-5-11-17(12-6-10-15)16(15)13-18-16/h1-3,7-8H,4-6,9-13H2/t15?,16-/m0/s1. The molecule has 2 unspecified atom stereocenters. The Balaban J connectivity index is 1.69. The summed E-state index contributed by atoms with van der Waals surface area (Å²) < 4.78 is 6.36. The van der Waals surface area contributed by atoms with Crippen molar-refractivity contribution in [2.45, 2.75) is 47.5 Å². The van der Waals surface area contributed by atoms with Crippen LogP contribution in [0.5, 0.6) is 0 Å². The Labute approximate surface area is 119 Å². The maximum Gasteiger partial charge on any atom is 0.160 e. The van der Waals surface area contributed by atoms with E-state index in [0.29, 0.717) is 4.75 Å². The van der Waals surface area contributed by atoms with E-state index in [0.717, 1.165) is 6.61 Å². The summed E-state index contributed by atoms with van der Waals surface area (Å²) in [6.07, 6.45) is 6.63. The number of ether oxygens (including phenoxy) is 1. The molecule has 3 atom stereocenters. The van der Waals surface area contributed by atoms with Crippen LogP contribution in [0, 0.1) is 0 Å². The Bertz CT molecular complexity index is 459. The molecule has 19 heavy (non-hydrogen) atoms. The van der Waals surface area contributed by atoms with Crippen molar-refractivity contribution >= 4 is 11.8 Å². The van der Waals surface area contributed by atoms with Crippen molar-refractivity contribution in [1.82, 2.24) is 4.90 Å². The molecule has 3 fully saturated rings. The zero-order valence-electron chi connectivity index (χ0n) is 11.3. The van der Waals surface area contributed by atoms with Gasteiger partial charge in [-0.2, -0.15) is 0 Å². The molecular formula is C16H21NOS. The Kier molecular flexibility index (Phi) is 2.90. The summed E-state index contributed by atoms with van der Waals surface area (Å²) in [6.45, 7) is 3.42. The van der Waals surface area contributed by atoms with E-state index in [-0.39, 0.29) is 5.72 Å². The lowest BCUT2D eigenvalue weighted by Crippen LogP contribution is -2.57. The van der Waals surface area contributed by atoms with Crippen molar-refractivity contribution < 1.29 is 4.74 Å². The van der Waals surface area contributed by atoms with E-state index >= 15 is 0 Å². The molecule has 0 radical (unpaired) electrons. The maximum atomic E-state index is 6.06. The van der Waals surface area contributed by atoms with Crippen LogP contribution in [-0.4, -0.2) is 35.1 Å². The fraction of sp³-hybridized carbons (Fsp3) is 0.625. The van der Waals surface area contributed by atoms with Gasteiger partial charge < -0.3 is 4.74 Å². The third-order valence-electron chi connectivity index (χ3n) is 4.96. The van der Waals surface area contributed by atoms with Crippen LogP contribution in [0.15, 0.2) is 35.2 Å². The molecule has 0 saturated carbocycles. The molecule has 2 bridgehead atoms. The molecular weight excluding hydrogens is 254 g/mol. The summed E-state index contributed by atoms with van der Waals surface area (Å²) in [7, 11) is 0. The van der Waals surface area contributed by atoms with Crippen LogP contribution in [0.25, 0.3) is 0 Å². The Morgan fingerprint density at radius 1 is 1.00 bits per heavy atom. The van der Waals surface area contributed by atoms with E-state index in [1.165, 1.54) is 50.1 Å². The largest absolute Gasteiger partial charge is 0.352 e. The lowest BCUT2D eigenvalue weighted by molar-refractivity contribution is 0.0198. The minimum atomic E-state index is 0.0717. The van der Waals surface area contributed by atoms with Gasteiger partial charge in [0.15, 0.2) is 5.72 Å². The molecule has 3 aliphatic heterocycles. The minimum Gasteiger partial charge on any atom is -0.352 e. The molecule has 4 rings (SSSR count). The SMILES string of the molecule is c1ccc(SC23CCCCN(CCC2)[C@]32CO2)cc1. The quantitative estimate of drug-likeness (QED) is 0.768. The first kappa shape index (κ1) is 12.2. The fourth-order valence-corrected chi connectivity index (χ4v) is 5.60. The number of epoxide rings is 1. The molecule has 3 heteroatoms. The molecule has 1 spiro atoms. The van der Waals surface area contributed by atoms with E-state index in [9.17, 15) is 0 Å². The monoisotopic (exact) mass is 275 g/mol. The molecule has 2 nitrogen and oxygen atoms in total. The summed E-state index contributed by atoms with van der Waals surface area (Å²) in [6, 6.07) is 10.9. The highest BCUT2D eigenvalue weighted by Crippen LogP contribution is 2.59. The normalized spacial score (nSPS) is 40.9. The van der Waals surface area contributed by atoms with E-state index in [1.54, 1.807) is 0 Å². The van der Waals surface area contributed by atoms with Gasteiger partial charge in [0.25, 0.3) is 0 Å². The number of thioether (sulfide) groups is 1. The summed E-state index contributed by atoms with van der Waals surface area (Å²) in [5, 5.41) is 0. The second-order valence-corrected chi connectivity index (χ2v) is 7.49. The first-order valence-corrected chi connectivity index (χ1v) is 8.29. The highest BCUT2D eigenvalue weighted by atomic mass is 32.2. The second-order valence-electron chi connectivity index (χ2n) is 6.03. The van der Waals surface area contributed by atoms with Crippen LogP contribution >= 0.6 is 11.8 Å². The van der Waals surface area contributed by atoms with Gasteiger partial charge in [0.1, 0.15) is 0 Å². The van der Waals surface area contributed by atoms with Gasteiger partial charge in [-0.1, -0.05) is 24.6 Å². The first-order chi connectivity index (χ1) is 9.35. The van der Waals surface area contributed by atoms with Crippen molar-refractivity contribution in [1.29, 1.82) is 0 Å². The summed E-state index contributed by atoms with van der Waals surface area (Å²) in [4.78, 5) is 4.04. The second kappa shape index (κ2) is 4.51. The van der Waals surface area contributed by atoms with Crippen LogP contribution in [0.3, 0.4) is 0 Å². The van der Waals surface area contributed by atoms with Crippen LogP contribution < -0.4 is 0 Å². The first-order valence-electron chi connectivity index (χ1n) is 7.48. The molecule has 0 aromatic heterocycles. The number of hydrogen-bond acceptors (Lipinski definition) is 3. The maximum absolute atomic E-state index is 6.06. The van der Waals surface area contributed by atoms with Crippen LogP contribution in [0.4, 0.5) is 0 Å². The predicted octanol–water partition coefficient (Wildman–Crippen LogP) is 3.52. The zero-order valence-corrected chi connectivity index (χ0v) is 12.1. The summed E-state index contributed by atoms with van der Waals surface area (Å²) in [5.74, 6) is 0. The van der Waals surface area contributed by atoms with Crippen molar-refractivity contribution in [2.24, 2.45) is 0 Å². The van der Waals surface area contributed by atoms with Gasteiger partial charge in [-0.25, -0.2) is 0 Å². The van der Waals surface area contributed by atoms with Gasteiger partial charge in [0, 0.05) is 18.0 Å². The van der Waals surface area contributed by atoms with Gasteiger partial charge in [-0.3, -0.25) is 4.90 Å². The predicted molar refractivity (Wildman–Crippen MR) is 78.4 cm³/mol. The Morgan fingerprint density at radius 3 is 2.53 bits per heavy atom. The third-order valence-corrected chi connectivity index (χ3v) is 6.59. The average Bonchev–Trinajstić information content (AvgIpc) is 3.23. The lowest BCUT2D eigenvalue weighted by atomic mass is 9.86. The van der Waals surface area contributed by atoms with E-state index < -0.39 is 0 Å². The van der Waals surface area contributed by atoms with Gasteiger partial charge in [-0.15, -0.1) is 11.8 Å². The smallest absolute Gasteiger partial charge is 0.160 e. The van der Waals surface area contributed by atoms with Crippen molar-refractivity contribution in [3.8, 4) is 0 Å². The minimum absolute atomic E-state index is 0.0717. The van der Waals surface area contributed by atoms with Crippen LogP contribution in [0.1, 0.15) is 32.1 Å². The fourth-order valence-electron chi connectivity index (χ4n) is 3.96. The number of hydrogen-bond donors (Lipinski definition) is 0. The summed E-state index contributed by atoms with van der Waals surface area (Å²) >= 11 is 2.08. The third kappa shape index (κ3) is 1.86. The lowest BCUT2D eigenvalue weighted by Gasteiger charge is -2.46. The van der Waals surface area contributed by atoms with E-state index in [2.05, 4.69) is 47.0 Å². The molecule has 3 heterocycles. The number of rotatable bonds is 2. The molecule has 3 aliphatic rings. The van der Waals surface area contributed by atoms with Crippen LogP contribution in [0.2, 0.25) is 0 Å². The van der Waals surface area contributed by atoms with Gasteiger partial charge in [0.2, 0.25) is 0 Å². The zero-order chi connectivity index (χ0) is 12.8. The molecule has 0 N–H and O–H groups in total. The highest BCUT2D eigenvalue weighted by Gasteiger charge is 2.66. The Morgan fingerprint density at radius 2 is 1.74 bits per heavy atom. The molecule has 1 aromatic carbocycles. The molecule has 3 saturated heterocycles. The average molecular weight is 275 g/mol. The van der Waals surface area contributed by atoms with Crippen molar-refractivity contribution in [2.75, 3.05) is 19.7 Å². The van der Waals surface area contributed by atoms with E-state index in [1.807, 2.05) is 0 Å². The molecule has 0 amide bonds. The van der Waals surface area contributed by atoms with Gasteiger partial charge in [0.05, 0.1) is 11.4 Å². The number of benzene rings is 1.